The van der Waals surface area contributed by atoms with Crippen LogP contribution >= 0.6 is 0 Å². The number of hydrogen-bond donors (Lipinski definition) is 1. The third-order valence-corrected chi connectivity index (χ3v) is 3.68. The first kappa shape index (κ1) is 21.4. The highest BCUT2D eigenvalue weighted by Crippen LogP contribution is 2.08. The van der Waals surface area contributed by atoms with E-state index in [0.717, 1.165) is 19.3 Å². The van der Waals surface area contributed by atoms with E-state index in [1.165, 1.54) is 44.9 Å². The normalized spacial score (nSPS) is 12.3. The Morgan fingerprint density at radius 1 is 0.909 bits per heavy atom. The largest absolute Gasteiger partial charge is 0.457 e. The van der Waals surface area contributed by atoms with Crippen LogP contribution in [0.2, 0.25) is 0 Å². The van der Waals surface area contributed by atoms with E-state index in [0.29, 0.717) is 19.6 Å². The van der Waals surface area contributed by atoms with Crippen molar-refractivity contribution in [2.75, 3.05) is 19.8 Å². The van der Waals surface area contributed by atoms with Gasteiger partial charge in [0.1, 0.15) is 6.10 Å². The van der Waals surface area contributed by atoms with Gasteiger partial charge in [-0.2, -0.15) is 0 Å². The molecule has 22 heavy (non-hydrogen) atoms. The lowest BCUT2D eigenvalue weighted by Crippen LogP contribution is -2.27. The molecule has 0 aromatic rings. The van der Waals surface area contributed by atoms with E-state index in [1.807, 2.05) is 6.92 Å². The van der Waals surface area contributed by atoms with Crippen molar-refractivity contribution in [1.29, 1.82) is 0 Å². The van der Waals surface area contributed by atoms with E-state index < -0.39 is 6.10 Å². The molecule has 0 rings (SSSR count). The van der Waals surface area contributed by atoms with Gasteiger partial charge in [0.2, 0.25) is 0 Å². The molecule has 0 fully saturated rings. The Morgan fingerprint density at radius 3 is 2.09 bits per heavy atom. The van der Waals surface area contributed by atoms with Crippen molar-refractivity contribution in [3.63, 3.8) is 0 Å². The second-order valence-corrected chi connectivity index (χ2v) is 5.95. The Kier molecular flexibility index (Phi) is 16.3. The minimum Gasteiger partial charge on any atom is -0.457 e. The molecule has 0 aliphatic heterocycles. The van der Waals surface area contributed by atoms with E-state index in [9.17, 15) is 9.90 Å². The minimum atomic E-state index is -0.515. The fourth-order valence-corrected chi connectivity index (χ4v) is 2.24. The maximum atomic E-state index is 11.5. The lowest BCUT2D eigenvalue weighted by Gasteiger charge is -2.15. The number of unbranched alkanes of at least 4 members (excludes halogenated alkanes) is 8. The lowest BCUT2D eigenvalue weighted by atomic mass is 10.1. The molecule has 0 radical (unpaired) electrons. The van der Waals surface area contributed by atoms with Gasteiger partial charge in [0.05, 0.1) is 13.2 Å². The summed E-state index contributed by atoms with van der Waals surface area (Å²) in [4.78, 5) is 11.5. The standard InChI is InChI=1S/C18H36O4/c1-3-5-7-8-9-10-11-12-14-21-16-17(15-19)22-18(20)13-6-4-2/h17,19H,3-16H2,1-2H3. The Balaban J connectivity index is 3.41. The molecule has 0 saturated heterocycles. The van der Waals surface area contributed by atoms with Crippen LogP contribution in [-0.4, -0.2) is 37.0 Å². The number of aliphatic hydroxyl groups excluding tert-OH is 1. The highest BCUT2D eigenvalue weighted by atomic mass is 16.6. The van der Waals surface area contributed by atoms with Crippen molar-refractivity contribution in [2.45, 2.75) is 90.6 Å². The smallest absolute Gasteiger partial charge is 0.306 e. The van der Waals surface area contributed by atoms with Crippen LogP contribution in [-0.2, 0) is 14.3 Å². The molecule has 1 unspecified atom stereocenters. The molecule has 4 heteroatoms. The Hall–Kier alpha value is -0.610. The molecule has 1 N–H and O–H groups in total. The zero-order valence-corrected chi connectivity index (χ0v) is 14.6. The van der Waals surface area contributed by atoms with Crippen LogP contribution in [0.5, 0.6) is 0 Å². The van der Waals surface area contributed by atoms with Crippen LogP contribution in [0, 0.1) is 0 Å². The summed E-state index contributed by atoms with van der Waals surface area (Å²) in [5.41, 5.74) is 0. The van der Waals surface area contributed by atoms with Gasteiger partial charge in [-0.25, -0.2) is 0 Å². The van der Waals surface area contributed by atoms with Gasteiger partial charge in [0, 0.05) is 13.0 Å². The molecule has 0 aliphatic carbocycles. The van der Waals surface area contributed by atoms with E-state index in [4.69, 9.17) is 9.47 Å². The zero-order chi connectivity index (χ0) is 16.5. The highest BCUT2D eigenvalue weighted by molar-refractivity contribution is 5.69. The van der Waals surface area contributed by atoms with Gasteiger partial charge in [0.15, 0.2) is 0 Å². The summed E-state index contributed by atoms with van der Waals surface area (Å²) in [6.07, 6.45) is 11.8. The van der Waals surface area contributed by atoms with Gasteiger partial charge in [-0.3, -0.25) is 4.79 Å². The topological polar surface area (TPSA) is 55.8 Å². The quantitative estimate of drug-likeness (QED) is 0.342. The van der Waals surface area contributed by atoms with E-state index in [2.05, 4.69) is 6.92 Å². The number of esters is 1. The summed E-state index contributed by atoms with van der Waals surface area (Å²) in [6.45, 7) is 5.07. The Bertz CT molecular complexity index is 243. The van der Waals surface area contributed by atoms with E-state index >= 15 is 0 Å². The number of carbonyl (C=O) groups excluding carboxylic acids is 1. The molecule has 0 amide bonds. The molecule has 0 bridgehead atoms. The third-order valence-electron chi connectivity index (χ3n) is 3.68. The van der Waals surface area contributed by atoms with Gasteiger partial charge in [-0.05, 0) is 12.8 Å². The van der Waals surface area contributed by atoms with Crippen molar-refractivity contribution >= 4 is 5.97 Å². The first-order valence-electron chi connectivity index (χ1n) is 9.12. The first-order chi connectivity index (χ1) is 10.7. The maximum absolute atomic E-state index is 11.5. The summed E-state index contributed by atoms with van der Waals surface area (Å²) in [6, 6.07) is 0. The van der Waals surface area contributed by atoms with Crippen molar-refractivity contribution in [2.24, 2.45) is 0 Å². The van der Waals surface area contributed by atoms with Crippen LogP contribution in [0.4, 0.5) is 0 Å². The van der Waals surface area contributed by atoms with Crippen LogP contribution < -0.4 is 0 Å². The predicted molar refractivity (Wildman–Crippen MR) is 89.9 cm³/mol. The third kappa shape index (κ3) is 14.3. The van der Waals surface area contributed by atoms with Crippen molar-refractivity contribution in [3.05, 3.63) is 0 Å². The average Bonchev–Trinajstić information content (AvgIpc) is 2.53. The van der Waals surface area contributed by atoms with E-state index in [1.54, 1.807) is 0 Å². The Morgan fingerprint density at radius 2 is 1.50 bits per heavy atom. The van der Waals surface area contributed by atoms with Crippen molar-refractivity contribution in [1.82, 2.24) is 0 Å². The summed E-state index contributed by atoms with van der Waals surface area (Å²) in [5.74, 6) is -0.239. The molecule has 0 aromatic carbocycles. The molecular weight excluding hydrogens is 280 g/mol. The maximum Gasteiger partial charge on any atom is 0.306 e. The molecule has 0 aromatic heterocycles. The number of rotatable bonds is 16. The van der Waals surface area contributed by atoms with Crippen LogP contribution in [0.1, 0.15) is 84.5 Å². The second-order valence-electron chi connectivity index (χ2n) is 5.95. The van der Waals surface area contributed by atoms with Gasteiger partial charge in [-0.15, -0.1) is 0 Å². The molecule has 0 spiro atoms. The molecular formula is C18H36O4. The minimum absolute atomic E-state index is 0.171. The molecule has 1 atom stereocenters. The summed E-state index contributed by atoms with van der Waals surface area (Å²) in [5, 5.41) is 9.19. The molecule has 132 valence electrons. The monoisotopic (exact) mass is 316 g/mol. The van der Waals surface area contributed by atoms with Crippen LogP contribution in [0.25, 0.3) is 0 Å². The fourth-order valence-electron chi connectivity index (χ4n) is 2.24. The first-order valence-corrected chi connectivity index (χ1v) is 9.12. The number of hydrogen-bond acceptors (Lipinski definition) is 4. The van der Waals surface area contributed by atoms with E-state index in [-0.39, 0.29) is 12.6 Å². The summed E-state index contributed by atoms with van der Waals surface area (Å²) >= 11 is 0. The van der Waals surface area contributed by atoms with Crippen LogP contribution in [0.15, 0.2) is 0 Å². The molecule has 0 saturated carbocycles. The highest BCUT2D eigenvalue weighted by Gasteiger charge is 2.13. The number of aliphatic hydroxyl groups is 1. The fraction of sp³-hybridized carbons (Fsp3) is 0.944. The predicted octanol–water partition coefficient (Wildman–Crippen LogP) is 4.24. The average molecular weight is 316 g/mol. The SMILES string of the molecule is CCCCCCCCCCOCC(CO)OC(=O)CCCC. The zero-order valence-electron chi connectivity index (χ0n) is 14.6. The Labute approximate surface area is 136 Å². The number of carbonyl (C=O) groups is 1. The molecule has 4 nitrogen and oxygen atoms in total. The summed E-state index contributed by atoms with van der Waals surface area (Å²) < 4.78 is 10.7. The summed E-state index contributed by atoms with van der Waals surface area (Å²) in [7, 11) is 0. The number of ether oxygens (including phenoxy) is 2. The van der Waals surface area contributed by atoms with Gasteiger partial charge in [0.25, 0.3) is 0 Å². The van der Waals surface area contributed by atoms with Gasteiger partial charge >= 0.3 is 5.97 Å². The molecule has 0 aliphatic rings. The second kappa shape index (κ2) is 16.8. The molecule has 0 heterocycles. The van der Waals surface area contributed by atoms with Crippen molar-refractivity contribution < 1.29 is 19.4 Å². The van der Waals surface area contributed by atoms with Gasteiger partial charge < -0.3 is 14.6 Å². The van der Waals surface area contributed by atoms with Crippen molar-refractivity contribution in [3.8, 4) is 0 Å². The van der Waals surface area contributed by atoms with Gasteiger partial charge in [-0.1, -0.05) is 65.2 Å². The van der Waals surface area contributed by atoms with Crippen LogP contribution in [0.3, 0.4) is 0 Å². The lowest BCUT2D eigenvalue weighted by molar-refractivity contribution is -0.154.